The third kappa shape index (κ3) is 4.62. The van der Waals surface area contributed by atoms with Crippen LogP contribution in [0.4, 0.5) is 0 Å². The lowest BCUT2D eigenvalue weighted by Crippen LogP contribution is -2.32. The highest BCUT2D eigenvalue weighted by molar-refractivity contribution is 5.97. The van der Waals surface area contributed by atoms with Crippen molar-refractivity contribution in [2.75, 3.05) is 13.9 Å². The quantitative estimate of drug-likeness (QED) is 0.315. The van der Waals surface area contributed by atoms with E-state index in [1.54, 1.807) is 10.8 Å². The minimum Gasteiger partial charge on any atom is -0.469 e. The Hall–Kier alpha value is -4.32. The maximum atomic E-state index is 14.2. The average Bonchev–Trinajstić information content (AvgIpc) is 3.47. The molecular formula is C30H27NO5. The van der Waals surface area contributed by atoms with Crippen LogP contribution in [0.1, 0.15) is 23.7 Å². The maximum Gasteiger partial charge on any atom is 0.305 e. The summed E-state index contributed by atoms with van der Waals surface area (Å²) < 4.78 is 18.0. The van der Waals surface area contributed by atoms with Crippen molar-refractivity contribution < 1.29 is 19.0 Å². The predicted octanol–water partition coefficient (Wildman–Crippen LogP) is 5.40. The van der Waals surface area contributed by atoms with Crippen LogP contribution in [0.2, 0.25) is 0 Å². The summed E-state index contributed by atoms with van der Waals surface area (Å²) in [4.78, 5) is 26.4. The van der Waals surface area contributed by atoms with E-state index in [-0.39, 0.29) is 24.7 Å². The SMILES string of the molecule is COC(=O)CCc1c(-c2ccccc2)c2ccccc2c(=O)n1C(Cc1ccccc1)C1=COCO1. The zero-order valence-electron chi connectivity index (χ0n) is 20.1. The molecule has 0 spiro atoms. The summed E-state index contributed by atoms with van der Waals surface area (Å²) in [6, 6.07) is 27.1. The van der Waals surface area contributed by atoms with Crippen molar-refractivity contribution in [3.8, 4) is 11.1 Å². The molecule has 4 aromatic rings. The monoisotopic (exact) mass is 481 g/mol. The summed E-state index contributed by atoms with van der Waals surface area (Å²) >= 11 is 0. The van der Waals surface area contributed by atoms with Gasteiger partial charge in [0.2, 0.25) is 6.79 Å². The molecule has 0 amide bonds. The topological polar surface area (TPSA) is 66.8 Å². The summed E-state index contributed by atoms with van der Waals surface area (Å²) in [5.74, 6) is 0.245. The number of aromatic nitrogens is 1. The van der Waals surface area contributed by atoms with Crippen LogP contribution in [-0.4, -0.2) is 24.4 Å². The maximum absolute atomic E-state index is 14.2. The van der Waals surface area contributed by atoms with Gasteiger partial charge in [-0.1, -0.05) is 78.9 Å². The average molecular weight is 482 g/mol. The number of hydrogen-bond acceptors (Lipinski definition) is 5. The Morgan fingerprint density at radius 2 is 1.61 bits per heavy atom. The van der Waals surface area contributed by atoms with Crippen molar-refractivity contribution in [1.82, 2.24) is 4.57 Å². The first-order valence-corrected chi connectivity index (χ1v) is 11.9. The second kappa shape index (κ2) is 10.5. The van der Waals surface area contributed by atoms with E-state index in [0.717, 1.165) is 27.8 Å². The molecule has 182 valence electrons. The van der Waals surface area contributed by atoms with E-state index >= 15 is 0 Å². The van der Waals surface area contributed by atoms with E-state index in [9.17, 15) is 9.59 Å². The van der Waals surface area contributed by atoms with Crippen LogP contribution in [0.3, 0.4) is 0 Å². The van der Waals surface area contributed by atoms with Crippen LogP contribution in [0.5, 0.6) is 0 Å². The molecule has 36 heavy (non-hydrogen) atoms. The molecule has 0 saturated heterocycles. The zero-order chi connectivity index (χ0) is 24.9. The molecule has 1 atom stereocenters. The minimum absolute atomic E-state index is 0.103. The molecule has 1 aliphatic heterocycles. The molecule has 0 fully saturated rings. The molecule has 1 aliphatic rings. The summed E-state index contributed by atoms with van der Waals surface area (Å²) in [6.45, 7) is 0.103. The number of carbonyl (C=O) groups is 1. The van der Waals surface area contributed by atoms with Gasteiger partial charge in [0.1, 0.15) is 12.3 Å². The van der Waals surface area contributed by atoms with Gasteiger partial charge in [-0.3, -0.25) is 9.59 Å². The molecule has 0 aliphatic carbocycles. The van der Waals surface area contributed by atoms with Gasteiger partial charge >= 0.3 is 5.97 Å². The molecule has 0 bridgehead atoms. The molecule has 1 aromatic heterocycles. The Morgan fingerprint density at radius 3 is 2.28 bits per heavy atom. The highest BCUT2D eigenvalue weighted by Gasteiger charge is 2.29. The Morgan fingerprint density at radius 1 is 0.944 bits per heavy atom. The lowest BCUT2D eigenvalue weighted by Gasteiger charge is -2.27. The summed E-state index contributed by atoms with van der Waals surface area (Å²) in [5.41, 5.74) is 3.57. The molecule has 2 heterocycles. The van der Waals surface area contributed by atoms with Crippen molar-refractivity contribution in [2.24, 2.45) is 0 Å². The number of carbonyl (C=O) groups excluding carboxylic acids is 1. The van der Waals surface area contributed by atoms with Crippen LogP contribution < -0.4 is 5.56 Å². The molecule has 1 unspecified atom stereocenters. The van der Waals surface area contributed by atoms with Crippen LogP contribution in [0, 0.1) is 0 Å². The Balaban J connectivity index is 1.81. The number of benzene rings is 3. The summed E-state index contributed by atoms with van der Waals surface area (Å²) in [5, 5.41) is 1.46. The molecule has 6 heteroatoms. The van der Waals surface area contributed by atoms with Crippen LogP contribution in [-0.2, 0) is 31.8 Å². The first-order valence-electron chi connectivity index (χ1n) is 11.9. The van der Waals surface area contributed by atoms with Gasteiger partial charge in [-0.05, 0) is 29.0 Å². The van der Waals surface area contributed by atoms with E-state index in [1.165, 1.54) is 7.11 Å². The van der Waals surface area contributed by atoms with Gasteiger partial charge < -0.3 is 18.8 Å². The highest BCUT2D eigenvalue weighted by Crippen LogP contribution is 2.35. The molecule has 5 rings (SSSR count). The highest BCUT2D eigenvalue weighted by atomic mass is 16.7. The van der Waals surface area contributed by atoms with E-state index in [1.807, 2.05) is 84.9 Å². The number of ether oxygens (including phenoxy) is 3. The first-order chi connectivity index (χ1) is 17.7. The third-order valence-corrected chi connectivity index (χ3v) is 6.49. The Labute approximate surface area is 209 Å². The van der Waals surface area contributed by atoms with Gasteiger partial charge in [-0.15, -0.1) is 0 Å². The number of pyridine rings is 1. The number of esters is 1. The van der Waals surface area contributed by atoms with Gasteiger partial charge in [-0.2, -0.15) is 0 Å². The summed E-state index contributed by atoms with van der Waals surface area (Å²) in [7, 11) is 1.38. The molecule has 0 radical (unpaired) electrons. The van der Waals surface area contributed by atoms with Crippen molar-refractivity contribution in [1.29, 1.82) is 0 Å². The molecular weight excluding hydrogens is 454 g/mol. The van der Waals surface area contributed by atoms with E-state index in [4.69, 9.17) is 14.2 Å². The van der Waals surface area contributed by atoms with Gasteiger partial charge in [0, 0.05) is 23.1 Å². The second-order valence-electron chi connectivity index (χ2n) is 8.64. The fraction of sp³-hybridized carbons (Fsp3) is 0.200. The third-order valence-electron chi connectivity index (χ3n) is 6.49. The van der Waals surface area contributed by atoms with Crippen LogP contribution in [0.15, 0.2) is 102 Å². The second-order valence-corrected chi connectivity index (χ2v) is 8.64. The number of nitrogens with zero attached hydrogens (tertiary/aromatic N) is 1. The van der Waals surface area contributed by atoms with Crippen molar-refractivity contribution >= 4 is 16.7 Å². The van der Waals surface area contributed by atoms with E-state index < -0.39 is 6.04 Å². The summed E-state index contributed by atoms with van der Waals surface area (Å²) in [6.07, 6.45) is 2.58. The van der Waals surface area contributed by atoms with Gasteiger partial charge in [-0.25, -0.2) is 0 Å². The lowest BCUT2D eigenvalue weighted by atomic mass is 9.93. The smallest absolute Gasteiger partial charge is 0.305 e. The van der Waals surface area contributed by atoms with E-state index in [2.05, 4.69) is 0 Å². The Bertz CT molecular complexity index is 1460. The number of rotatable bonds is 8. The van der Waals surface area contributed by atoms with Crippen LogP contribution >= 0.6 is 0 Å². The largest absolute Gasteiger partial charge is 0.469 e. The van der Waals surface area contributed by atoms with E-state index in [0.29, 0.717) is 24.0 Å². The fourth-order valence-electron chi connectivity index (χ4n) is 4.82. The molecule has 6 nitrogen and oxygen atoms in total. The molecule has 0 N–H and O–H groups in total. The number of allylic oxidation sites excluding steroid dienone is 1. The van der Waals surface area contributed by atoms with Crippen LogP contribution in [0.25, 0.3) is 21.9 Å². The molecule has 0 saturated carbocycles. The minimum atomic E-state index is -0.456. The predicted molar refractivity (Wildman–Crippen MR) is 138 cm³/mol. The lowest BCUT2D eigenvalue weighted by molar-refractivity contribution is -0.140. The first kappa shape index (κ1) is 23.4. The number of methoxy groups -OCH3 is 1. The fourth-order valence-corrected chi connectivity index (χ4v) is 4.82. The number of fused-ring (bicyclic) bond motifs is 1. The standard InChI is InChI=1S/C30H27NO5/c1-34-28(32)17-16-25-29(22-12-6-3-7-13-22)23-14-8-9-15-24(23)30(33)31(25)26(27-19-35-20-36-27)18-21-10-4-2-5-11-21/h2-15,19,26H,16-18,20H2,1H3. The zero-order valence-corrected chi connectivity index (χ0v) is 20.1. The van der Waals surface area contributed by atoms with Gasteiger partial charge in [0.15, 0.2) is 5.76 Å². The van der Waals surface area contributed by atoms with Gasteiger partial charge in [0.05, 0.1) is 13.5 Å². The molecule has 3 aromatic carbocycles. The van der Waals surface area contributed by atoms with Crippen molar-refractivity contribution in [3.63, 3.8) is 0 Å². The van der Waals surface area contributed by atoms with Crippen molar-refractivity contribution in [2.45, 2.75) is 25.3 Å². The van der Waals surface area contributed by atoms with Gasteiger partial charge in [0.25, 0.3) is 5.56 Å². The Kier molecular flexibility index (Phi) is 6.85. The normalized spacial score (nSPS) is 13.5. The van der Waals surface area contributed by atoms with Crippen molar-refractivity contribution in [3.05, 3.63) is 119 Å². The number of hydrogen-bond donors (Lipinski definition) is 0.